The van der Waals surface area contributed by atoms with Crippen molar-refractivity contribution in [2.45, 2.75) is 200 Å². The van der Waals surface area contributed by atoms with Crippen molar-refractivity contribution in [3.8, 4) is 0 Å². The minimum absolute atomic E-state index is 0.0206. The second kappa shape index (κ2) is 42.9. The van der Waals surface area contributed by atoms with E-state index in [-0.39, 0.29) is 25.8 Å². The van der Waals surface area contributed by atoms with Crippen molar-refractivity contribution in [2.75, 3.05) is 54.1 Å². The molecule has 0 aromatic carbocycles. The fourth-order valence-electron chi connectivity index (χ4n) is 6.40. The molecule has 0 aromatic rings. The van der Waals surface area contributed by atoms with E-state index in [1.165, 1.54) is 89.9 Å². The van der Waals surface area contributed by atoms with E-state index in [9.17, 15) is 14.3 Å². The lowest BCUT2D eigenvalue weighted by atomic mass is 10.0. The van der Waals surface area contributed by atoms with Gasteiger partial charge in [0.1, 0.15) is 19.3 Å². The van der Waals surface area contributed by atoms with Crippen molar-refractivity contribution in [1.29, 1.82) is 0 Å². The first kappa shape index (κ1) is 57.2. The molecule has 0 spiro atoms. The van der Waals surface area contributed by atoms with E-state index in [0.717, 1.165) is 83.5 Å². The Morgan fingerprint density at radius 1 is 0.542 bits per heavy atom. The molecule has 0 saturated heterocycles. The summed E-state index contributed by atoms with van der Waals surface area (Å²) < 4.78 is 34.7. The first-order chi connectivity index (χ1) is 28.6. The van der Waals surface area contributed by atoms with Crippen LogP contribution in [-0.2, 0) is 27.9 Å². The topological polar surface area (TPSA) is 94.1 Å². The summed E-state index contributed by atoms with van der Waals surface area (Å²) in [4.78, 5) is 25.1. The van der Waals surface area contributed by atoms with E-state index in [0.29, 0.717) is 24.1 Å². The quantitative estimate of drug-likeness (QED) is 0.0198. The van der Waals surface area contributed by atoms with E-state index >= 15 is 0 Å². The summed E-state index contributed by atoms with van der Waals surface area (Å²) in [6, 6.07) is 0. The van der Waals surface area contributed by atoms with Crippen LogP contribution in [0.15, 0.2) is 60.8 Å². The molecule has 0 heterocycles. The van der Waals surface area contributed by atoms with Crippen LogP contribution in [0.4, 0.5) is 0 Å². The lowest BCUT2D eigenvalue weighted by Crippen LogP contribution is -2.37. The Balaban J connectivity index is 4.23. The predicted octanol–water partition coefficient (Wildman–Crippen LogP) is 13.9. The Morgan fingerprint density at radius 2 is 0.983 bits per heavy atom. The molecular weight excluding hydrogens is 758 g/mol. The number of unbranched alkanes of at least 4 members (excludes halogenated alkanes) is 20. The second-order valence-corrected chi connectivity index (χ2v) is 18.5. The number of rotatable bonds is 44. The number of quaternary nitrogens is 1. The highest BCUT2D eigenvalue weighted by Crippen LogP contribution is 2.38. The van der Waals surface area contributed by atoms with Gasteiger partial charge < -0.3 is 27.9 Å². The molecule has 0 aliphatic carbocycles. The van der Waals surface area contributed by atoms with Gasteiger partial charge in [-0.25, -0.2) is 0 Å². The molecule has 0 rings (SSSR count). The van der Waals surface area contributed by atoms with Crippen molar-refractivity contribution in [3.63, 3.8) is 0 Å². The van der Waals surface area contributed by atoms with Gasteiger partial charge in [0.15, 0.2) is 0 Å². The number of phosphoric acid groups is 1. The molecule has 8 nitrogen and oxygen atoms in total. The van der Waals surface area contributed by atoms with Gasteiger partial charge in [-0.1, -0.05) is 190 Å². The third-order valence-electron chi connectivity index (χ3n) is 10.1. The van der Waals surface area contributed by atoms with Gasteiger partial charge in [0.2, 0.25) is 0 Å². The third kappa shape index (κ3) is 47.1. The maximum atomic E-state index is 12.7. The predicted molar refractivity (Wildman–Crippen MR) is 249 cm³/mol. The minimum atomic E-state index is -4.53. The maximum Gasteiger partial charge on any atom is 0.306 e. The fraction of sp³-hybridized carbons (Fsp3) is 0.780. The molecule has 344 valence electrons. The summed E-state index contributed by atoms with van der Waals surface area (Å²) in [6.45, 7) is 5.29. The number of hydrogen-bond acceptors (Lipinski definition) is 7. The molecule has 59 heavy (non-hydrogen) atoms. The Morgan fingerprint density at radius 3 is 1.47 bits per heavy atom. The Kier molecular flexibility index (Phi) is 41.6. The first-order valence-electron chi connectivity index (χ1n) is 24.0. The first-order valence-corrected chi connectivity index (χ1v) is 25.5. The monoisotopic (exact) mass is 850 g/mol. The van der Waals surface area contributed by atoms with Crippen LogP contribution in [0.1, 0.15) is 194 Å². The number of allylic oxidation sites excluding steroid dienone is 10. The van der Waals surface area contributed by atoms with Gasteiger partial charge in [-0.2, -0.15) is 0 Å². The van der Waals surface area contributed by atoms with Crippen LogP contribution in [0, 0.1) is 0 Å². The lowest BCUT2D eigenvalue weighted by Gasteiger charge is -2.28. The summed E-state index contributed by atoms with van der Waals surface area (Å²) >= 11 is 0. The van der Waals surface area contributed by atoms with Crippen molar-refractivity contribution in [1.82, 2.24) is 0 Å². The van der Waals surface area contributed by atoms with Crippen molar-refractivity contribution in [3.05, 3.63) is 60.8 Å². The van der Waals surface area contributed by atoms with E-state index in [1.807, 2.05) is 21.1 Å². The minimum Gasteiger partial charge on any atom is -0.756 e. The third-order valence-corrected chi connectivity index (χ3v) is 11.0. The molecule has 0 aliphatic rings. The second-order valence-electron chi connectivity index (χ2n) is 17.1. The zero-order valence-corrected chi connectivity index (χ0v) is 39.8. The normalized spacial score (nSPS) is 14.2. The lowest BCUT2D eigenvalue weighted by molar-refractivity contribution is -0.870. The van der Waals surface area contributed by atoms with Gasteiger partial charge >= 0.3 is 5.97 Å². The number of nitrogens with zero attached hydrogens (tertiary/aromatic N) is 1. The van der Waals surface area contributed by atoms with Gasteiger partial charge in [0.05, 0.1) is 34.4 Å². The van der Waals surface area contributed by atoms with Gasteiger partial charge in [-0.05, 0) is 57.8 Å². The van der Waals surface area contributed by atoms with E-state index in [1.54, 1.807) is 0 Å². The highest BCUT2D eigenvalue weighted by molar-refractivity contribution is 7.45. The smallest absolute Gasteiger partial charge is 0.306 e. The highest BCUT2D eigenvalue weighted by atomic mass is 31.2. The Labute approximate surface area is 364 Å². The van der Waals surface area contributed by atoms with E-state index in [2.05, 4.69) is 74.6 Å². The zero-order valence-electron chi connectivity index (χ0n) is 38.9. The molecule has 0 N–H and O–H groups in total. The largest absolute Gasteiger partial charge is 0.756 e. The van der Waals surface area contributed by atoms with E-state index < -0.39 is 13.9 Å². The standard InChI is InChI=1S/C50H92NO7P/c1-6-8-10-12-14-16-18-20-22-24-25-26-27-28-29-31-33-35-37-39-41-43-50(52)58-49(48-57-59(53,54)56-46-44-51(3,4)5)47-55-45-42-40-38-36-34-32-30-23-21-19-17-15-13-11-9-7-2/h8,10,14,16,20,22,25-26,28-29,49H,6-7,9,11-13,15,17-19,21,23-24,27,30-48H2,1-5H3/b10-8-,16-14-,22-20-,26-25-,29-28-. The average Bonchev–Trinajstić information content (AvgIpc) is 3.19. The molecule has 9 heteroatoms. The van der Waals surface area contributed by atoms with Crippen LogP contribution in [0.3, 0.4) is 0 Å². The summed E-state index contributed by atoms with van der Waals surface area (Å²) in [5.41, 5.74) is 0. The van der Waals surface area contributed by atoms with Crippen LogP contribution in [-0.4, -0.2) is 70.7 Å². The highest BCUT2D eigenvalue weighted by Gasteiger charge is 2.20. The molecule has 0 bridgehead atoms. The summed E-state index contributed by atoms with van der Waals surface area (Å²) in [5, 5.41) is 0. The maximum absolute atomic E-state index is 12.7. The molecular formula is C50H92NO7P. The van der Waals surface area contributed by atoms with E-state index in [4.69, 9.17) is 18.5 Å². The number of ether oxygens (including phenoxy) is 2. The van der Waals surface area contributed by atoms with Crippen molar-refractivity contribution >= 4 is 13.8 Å². The molecule has 0 fully saturated rings. The molecule has 0 aliphatic heterocycles. The number of carbonyl (C=O) groups excluding carboxylic acids is 1. The van der Waals surface area contributed by atoms with Crippen LogP contribution in [0.25, 0.3) is 0 Å². The summed E-state index contributed by atoms with van der Waals surface area (Å²) in [6.07, 6.45) is 53.7. The number of carbonyl (C=O) groups is 1. The van der Waals surface area contributed by atoms with Crippen LogP contribution in [0.2, 0.25) is 0 Å². The summed E-state index contributed by atoms with van der Waals surface area (Å²) in [5.74, 6) is -0.352. The number of esters is 1. The van der Waals surface area contributed by atoms with Crippen molar-refractivity contribution in [2.24, 2.45) is 0 Å². The molecule has 2 atom stereocenters. The van der Waals surface area contributed by atoms with Gasteiger partial charge in [-0.3, -0.25) is 9.36 Å². The molecule has 0 saturated carbocycles. The Bertz CT molecular complexity index is 1130. The van der Waals surface area contributed by atoms with Gasteiger partial charge in [0, 0.05) is 13.0 Å². The Hall–Kier alpha value is -1.80. The van der Waals surface area contributed by atoms with Gasteiger partial charge in [0.25, 0.3) is 7.82 Å². The fourth-order valence-corrected chi connectivity index (χ4v) is 7.13. The van der Waals surface area contributed by atoms with Crippen LogP contribution in [0.5, 0.6) is 0 Å². The van der Waals surface area contributed by atoms with Crippen molar-refractivity contribution < 1.29 is 37.3 Å². The number of hydrogen-bond donors (Lipinski definition) is 0. The van der Waals surface area contributed by atoms with Gasteiger partial charge in [-0.15, -0.1) is 0 Å². The molecule has 0 amide bonds. The molecule has 0 aromatic heterocycles. The SMILES string of the molecule is CC/C=C\C/C=C\C/C=C\C/C=C\C/C=C\CCCCCCCC(=O)OC(COCCCCCCCCCCCCCCCCCC)COP(=O)([O-])OCC[N+](C)(C)C. The average molecular weight is 850 g/mol. The van der Waals surface area contributed by atoms with Crippen LogP contribution < -0.4 is 4.89 Å². The molecule has 2 unspecified atom stereocenters. The number of phosphoric ester groups is 1. The number of likely N-dealkylation sites (N-methyl/N-ethyl adjacent to an activating group) is 1. The zero-order chi connectivity index (χ0) is 43.4. The molecule has 0 radical (unpaired) electrons. The summed E-state index contributed by atoms with van der Waals surface area (Å²) in [7, 11) is 1.34. The van der Waals surface area contributed by atoms with Crippen LogP contribution >= 0.6 is 7.82 Å².